The highest BCUT2D eigenvalue weighted by atomic mass is 35.5. The molecule has 0 spiro atoms. The molecule has 0 aliphatic carbocycles. The minimum absolute atomic E-state index is 0.0314. The van der Waals surface area contributed by atoms with Gasteiger partial charge in [0.1, 0.15) is 12.3 Å². The van der Waals surface area contributed by atoms with Crippen molar-refractivity contribution in [3.8, 4) is 0 Å². The molecule has 1 fully saturated rings. The normalized spacial score (nSPS) is 25.8. The first-order valence-electron chi connectivity index (χ1n) is 6.60. The summed E-state index contributed by atoms with van der Waals surface area (Å²) in [5, 5.41) is 13.6. The van der Waals surface area contributed by atoms with Gasteiger partial charge in [0.25, 0.3) is 0 Å². The Balaban J connectivity index is 1.82. The molecule has 20 heavy (non-hydrogen) atoms. The number of aliphatic hydroxyl groups is 1. The number of ether oxygens (including phenoxy) is 1. The molecule has 1 saturated heterocycles. The monoisotopic (exact) mass is 289 g/mol. The fraction of sp³-hybridized carbons (Fsp3) is 0.250. The van der Waals surface area contributed by atoms with Gasteiger partial charge in [-0.3, -0.25) is 5.32 Å². The summed E-state index contributed by atoms with van der Waals surface area (Å²) in [6.45, 7) is 0.0314. The van der Waals surface area contributed by atoms with Gasteiger partial charge in [-0.25, -0.2) is 0 Å². The maximum atomic E-state index is 9.54. The van der Waals surface area contributed by atoms with E-state index in [1.54, 1.807) is 0 Å². The Morgan fingerprint density at radius 1 is 1.00 bits per heavy atom. The van der Waals surface area contributed by atoms with Crippen LogP contribution in [0.2, 0.25) is 5.02 Å². The van der Waals surface area contributed by atoms with Gasteiger partial charge in [-0.1, -0.05) is 54.1 Å². The first kappa shape index (κ1) is 13.6. The fourth-order valence-electron chi connectivity index (χ4n) is 2.48. The van der Waals surface area contributed by atoms with E-state index in [0.29, 0.717) is 5.02 Å². The van der Waals surface area contributed by atoms with Crippen LogP contribution in [0.15, 0.2) is 54.6 Å². The largest absolute Gasteiger partial charge is 0.395 e. The predicted molar refractivity (Wildman–Crippen MR) is 78.5 cm³/mol. The summed E-state index contributed by atoms with van der Waals surface area (Å²) in [7, 11) is 0. The van der Waals surface area contributed by atoms with Crippen LogP contribution in [0.4, 0.5) is 0 Å². The quantitative estimate of drug-likeness (QED) is 0.912. The smallest absolute Gasteiger partial charge is 0.135 e. The van der Waals surface area contributed by atoms with Gasteiger partial charge in [-0.05, 0) is 23.3 Å². The molecule has 3 rings (SSSR count). The zero-order chi connectivity index (χ0) is 13.9. The molecule has 0 aromatic heterocycles. The van der Waals surface area contributed by atoms with Gasteiger partial charge in [0.2, 0.25) is 0 Å². The summed E-state index contributed by atoms with van der Waals surface area (Å²) < 4.78 is 6.06. The Morgan fingerprint density at radius 3 is 2.35 bits per heavy atom. The van der Waals surface area contributed by atoms with Crippen LogP contribution in [0, 0.1) is 0 Å². The van der Waals surface area contributed by atoms with Gasteiger partial charge in [0.15, 0.2) is 0 Å². The Morgan fingerprint density at radius 2 is 1.70 bits per heavy atom. The lowest BCUT2D eigenvalue weighted by molar-refractivity contribution is 0.0318. The van der Waals surface area contributed by atoms with Gasteiger partial charge in [-0.2, -0.15) is 0 Å². The van der Waals surface area contributed by atoms with E-state index < -0.39 is 0 Å². The molecule has 3 atom stereocenters. The molecule has 3 nitrogen and oxygen atoms in total. The SMILES string of the molecule is OC[C@@H]1N[C@H](c2ccc(Cl)cc2)OC1c1ccccc1. The number of hydrogen-bond acceptors (Lipinski definition) is 3. The molecule has 4 heteroatoms. The van der Waals surface area contributed by atoms with Crippen molar-refractivity contribution >= 4 is 11.6 Å². The van der Waals surface area contributed by atoms with Crippen molar-refractivity contribution in [1.29, 1.82) is 0 Å². The van der Waals surface area contributed by atoms with Crippen LogP contribution in [0.5, 0.6) is 0 Å². The highest BCUT2D eigenvalue weighted by molar-refractivity contribution is 6.30. The molecule has 1 unspecified atom stereocenters. The topological polar surface area (TPSA) is 41.5 Å². The van der Waals surface area contributed by atoms with Crippen molar-refractivity contribution in [2.24, 2.45) is 0 Å². The van der Waals surface area contributed by atoms with E-state index in [2.05, 4.69) is 5.32 Å². The molecule has 0 radical (unpaired) electrons. The summed E-state index contributed by atoms with van der Waals surface area (Å²) in [5.74, 6) is 0. The number of rotatable bonds is 3. The zero-order valence-electron chi connectivity index (χ0n) is 10.9. The Bertz CT molecular complexity index is 558. The number of benzene rings is 2. The van der Waals surface area contributed by atoms with E-state index in [9.17, 15) is 5.11 Å². The second-order valence-corrected chi connectivity index (χ2v) is 5.29. The van der Waals surface area contributed by atoms with Crippen molar-refractivity contribution < 1.29 is 9.84 Å². The van der Waals surface area contributed by atoms with Crippen molar-refractivity contribution in [1.82, 2.24) is 5.32 Å². The molecule has 1 aliphatic rings. The molecule has 2 N–H and O–H groups in total. The second kappa shape index (κ2) is 5.94. The third kappa shape index (κ3) is 2.72. The van der Waals surface area contributed by atoms with Crippen molar-refractivity contribution in [2.75, 3.05) is 6.61 Å². The van der Waals surface area contributed by atoms with E-state index in [0.717, 1.165) is 11.1 Å². The highest BCUT2D eigenvalue weighted by Gasteiger charge is 2.35. The Kier molecular flexibility index (Phi) is 4.03. The van der Waals surface area contributed by atoms with E-state index in [1.165, 1.54) is 0 Å². The van der Waals surface area contributed by atoms with Gasteiger partial charge in [-0.15, -0.1) is 0 Å². The number of nitrogens with one attached hydrogen (secondary N) is 1. The first-order chi connectivity index (χ1) is 9.78. The van der Waals surface area contributed by atoms with E-state index in [4.69, 9.17) is 16.3 Å². The van der Waals surface area contributed by atoms with E-state index in [1.807, 2.05) is 54.6 Å². The molecule has 1 aliphatic heterocycles. The Labute approximate surface area is 123 Å². The predicted octanol–water partition coefficient (Wildman–Crippen LogP) is 3.06. The van der Waals surface area contributed by atoms with Crippen LogP contribution in [-0.4, -0.2) is 17.8 Å². The molecule has 0 saturated carbocycles. The summed E-state index contributed by atoms with van der Waals surface area (Å²) in [6, 6.07) is 17.4. The van der Waals surface area contributed by atoms with Gasteiger partial charge >= 0.3 is 0 Å². The van der Waals surface area contributed by atoms with Gasteiger partial charge < -0.3 is 9.84 Å². The summed E-state index contributed by atoms with van der Waals surface area (Å²) in [6.07, 6.45) is -0.378. The lowest BCUT2D eigenvalue weighted by Crippen LogP contribution is -2.30. The summed E-state index contributed by atoms with van der Waals surface area (Å²) in [4.78, 5) is 0. The lowest BCUT2D eigenvalue weighted by atomic mass is 10.0. The molecule has 2 aromatic rings. The average molecular weight is 290 g/mol. The van der Waals surface area contributed by atoms with Crippen LogP contribution in [0.1, 0.15) is 23.5 Å². The van der Waals surface area contributed by atoms with Gasteiger partial charge in [0.05, 0.1) is 12.6 Å². The summed E-state index contributed by atoms with van der Waals surface area (Å²) >= 11 is 5.90. The number of hydrogen-bond donors (Lipinski definition) is 2. The lowest BCUT2D eigenvalue weighted by Gasteiger charge is -2.15. The number of aliphatic hydroxyl groups excluding tert-OH is 1. The third-order valence-corrected chi connectivity index (χ3v) is 3.76. The molecule has 1 heterocycles. The minimum Gasteiger partial charge on any atom is -0.395 e. The maximum Gasteiger partial charge on any atom is 0.135 e. The summed E-state index contributed by atoms with van der Waals surface area (Å²) in [5.41, 5.74) is 2.07. The standard InChI is InChI=1S/C16H16ClNO2/c17-13-8-6-12(7-9-13)16-18-14(10-19)15(20-16)11-4-2-1-3-5-11/h1-9,14-16,18-19H,10H2/t14-,15?,16-/m0/s1. The van der Waals surface area contributed by atoms with Crippen LogP contribution in [0.3, 0.4) is 0 Å². The van der Waals surface area contributed by atoms with Crippen LogP contribution in [0.25, 0.3) is 0 Å². The maximum absolute atomic E-state index is 9.54. The third-order valence-electron chi connectivity index (χ3n) is 3.51. The fourth-order valence-corrected chi connectivity index (χ4v) is 2.60. The first-order valence-corrected chi connectivity index (χ1v) is 6.98. The molecule has 104 valence electrons. The van der Waals surface area contributed by atoms with Crippen LogP contribution >= 0.6 is 11.6 Å². The molecular weight excluding hydrogens is 274 g/mol. The van der Waals surface area contributed by atoms with Crippen molar-refractivity contribution in [3.05, 3.63) is 70.7 Å². The van der Waals surface area contributed by atoms with Crippen molar-refractivity contribution in [3.63, 3.8) is 0 Å². The minimum atomic E-state index is -0.227. The zero-order valence-corrected chi connectivity index (χ0v) is 11.6. The number of halogens is 1. The Hall–Kier alpha value is -1.39. The molecular formula is C16H16ClNO2. The van der Waals surface area contributed by atoms with E-state index >= 15 is 0 Å². The molecule has 0 amide bonds. The van der Waals surface area contributed by atoms with E-state index in [-0.39, 0.29) is 25.0 Å². The van der Waals surface area contributed by atoms with Gasteiger partial charge in [0, 0.05) is 5.02 Å². The molecule has 2 aromatic carbocycles. The average Bonchev–Trinajstić information content (AvgIpc) is 2.93. The van der Waals surface area contributed by atoms with Crippen LogP contribution in [-0.2, 0) is 4.74 Å². The second-order valence-electron chi connectivity index (χ2n) is 4.85. The van der Waals surface area contributed by atoms with Crippen LogP contribution < -0.4 is 5.32 Å². The van der Waals surface area contributed by atoms with Crippen molar-refractivity contribution in [2.45, 2.75) is 18.4 Å². The molecule has 0 bridgehead atoms. The highest BCUT2D eigenvalue weighted by Crippen LogP contribution is 2.34.